The fraction of sp³-hybridized carbons (Fsp3) is 0.357. The quantitative estimate of drug-likeness (QED) is 0.824. The van der Waals surface area contributed by atoms with Crippen molar-refractivity contribution in [1.29, 1.82) is 0 Å². The third-order valence-corrected chi connectivity index (χ3v) is 3.15. The number of carbonyl (C=O) groups excluding carboxylic acids is 1. The molecular formula is C14H18N4O2. The third kappa shape index (κ3) is 2.85. The van der Waals surface area contributed by atoms with E-state index in [2.05, 4.69) is 9.97 Å². The highest BCUT2D eigenvalue weighted by Gasteiger charge is 2.25. The SMILES string of the molecule is COCC(c1ccccn1)N(C)C(=O)c1nccn1C. The Morgan fingerprint density at radius 1 is 1.40 bits per heavy atom. The van der Waals surface area contributed by atoms with Crippen molar-refractivity contribution < 1.29 is 9.53 Å². The molecular weight excluding hydrogens is 256 g/mol. The molecule has 2 rings (SSSR count). The Labute approximate surface area is 118 Å². The van der Waals surface area contributed by atoms with Gasteiger partial charge in [0.1, 0.15) is 0 Å². The number of imidazole rings is 1. The number of rotatable bonds is 5. The second kappa shape index (κ2) is 6.29. The molecule has 0 aliphatic carbocycles. The van der Waals surface area contributed by atoms with E-state index in [1.807, 2.05) is 18.2 Å². The topological polar surface area (TPSA) is 60.2 Å². The molecule has 0 radical (unpaired) electrons. The third-order valence-electron chi connectivity index (χ3n) is 3.15. The highest BCUT2D eigenvalue weighted by molar-refractivity contribution is 5.90. The maximum Gasteiger partial charge on any atom is 0.290 e. The summed E-state index contributed by atoms with van der Waals surface area (Å²) in [5.41, 5.74) is 0.791. The minimum Gasteiger partial charge on any atom is -0.382 e. The van der Waals surface area contributed by atoms with E-state index in [4.69, 9.17) is 4.74 Å². The van der Waals surface area contributed by atoms with E-state index in [9.17, 15) is 4.79 Å². The van der Waals surface area contributed by atoms with Gasteiger partial charge in [0, 0.05) is 39.8 Å². The summed E-state index contributed by atoms with van der Waals surface area (Å²) in [6, 6.07) is 5.37. The Kier molecular flexibility index (Phi) is 4.47. The van der Waals surface area contributed by atoms with Crippen molar-refractivity contribution in [1.82, 2.24) is 19.4 Å². The number of pyridine rings is 1. The molecule has 2 heterocycles. The van der Waals surface area contributed by atoms with Crippen LogP contribution < -0.4 is 0 Å². The summed E-state index contributed by atoms with van der Waals surface area (Å²) in [5, 5.41) is 0. The molecule has 0 N–H and O–H groups in total. The van der Waals surface area contributed by atoms with Crippen LogP contribution in [0.3, 0.4) is 0 Å². The average Bonchev–Trinajstić information content (AvgIpc) is 2.90. The normalized spacial score (nSPS) is 12.2. The smallest absolute Gasteiger partial charge is 0.290 e. The van der Waals surface area contributed by atoms with Crippen molar-refractivity contribution in [3.05, 3.63) is 48.3 Å². The lowest BCUT2D eigenvalue weighted by atomic mass is 10.1. The first-order valence-electron chi connectivity index (χ1n) is 6.29. The molecule has 0 aromatic carbocycles. The second-order valence-corrected chi connectivity index (χ2v) is 4.50. The van der Waals surface area contributed by atoms with Crippen LogP contribution in [0.25, 0.3) is 0 Å². The van der Waals surface area contributed by atoms with Crippen LogP contribution in [-0.2, 0) is 11.8 Å². The summed E-state index contributed by atoms with van der Waals surface area (Å²) >= 11 is 0. The molecule has 0 spiro atoms. The molecule has 1 amide bonds. The molecule has 0 aliphatic heterocycles. The first-order valence-corrected chi connectivity index (χ1v) is 6.29. The molecule has 20 heavy (non-hydrogen) atoms. The monoisotopic (exact) mass is 274 g/mol. The number of likely N-dealkylation sites (N-methyl/N-ethyl adjacent to an activating group) is 1. The van der Waals surface area contributed by atoms with Crippen molar-refractivity contribution in [3.63, 3.8) is 0 Å². The maximum absolute atomic E-state index is 12.5. The van der Waals surface area contributed by atoms with Gasteiger partial charge in [-0.05, 0) is 12.1 Å². The Balaban J connectivity index is 2.26. The van der Waals surface area contributed by atoms with Crippen LogP contribution in [0.2, 0.25) is 0 Å². The number of hydrogen-bond donors (Lipinski definition) is 0. The molecule has 6 heteroatoms. The van der Waals surface area contributed by atoms with Crippen LogP contribution in [-0.4, -0.2) is 46.1 Å². The highest BCUT2D eigenvalue weighted by Crippen LogP contribution is 2.19. The maximum atomic E-state index is 12.5. The van der Waals surface area contributed by atoms with Gasteiger partial charge in [0.25, 0.3) is 5.91 Å². The molecule has 2 aromatic rings. The number of hydrogen-bond acceptors (Lipinski definition) is 4. The molecule has 0 bridgehead atoms. The summed E-state index contributed by atoms with van der Waals surface area (Å²) in [6.45, 7) is 0.379. The minimum atomic E-state index is -0.245. The predicted octanol–water partition coefficient (Wildman–Crippen LogP) is 1.27. The number of carbonyl (C=O) groups is 1. The van der Waals surface area contributed by atoms with Crippen molar-refractivity contribution in [3.8, 4) is 0 Å². The molecule has 2 aromatic heterocycles. The van der Waals surface area contributed by atoms with Gasteiger partial charge in [0.2, 0.25) is 0 Å². The van der Waals surface area contributed by atoms with Gasteiger partial charge in [0.05, 0.1) is 18.3 Å². The number of methoxy groups -OCH3 is 1. The zero-order valence-corrected chi connectivity index (χ0v) is 11.9. The van der Waals surface area contributed by atoms with Crippen molar-refractivity contribution in [2.24, 2.45) is 7.05 Å². The van der Waals surface area contributed by atoms with Crippen LogP contribution in [0, 0.1) is 0 Å². The fourth-order valence-electron chi connectivity index (χ4n) is 2.00. The van der Waals surface area contributed by atoms with Gasteiger partial charge in [-0.1, -0.05) is 6.07 Å². The highest BCUT2D eigenvalue weighted by atomic mass is 16.5. The van der Waals surface area contributed by atoms with Gasteiger partial charge >= 0.3 is 0 Å². The summed E-state index contributed by atoms with van der Waals surface area (Å²) < 4.78 is 6.91. The number of nitrogens with zero attached hydrogens (tertiary/aromatic N) is 4. The minimum absolute atomic E-state index is 0.162. The fourth-order valence-corrected chi connectivity index (χ4v) is 2.00. The summed E-state index contributed by atoms with van der Waals surface area (Å²) in [4.78, 5) is 22.5. The average molecular weight is 274 g/mol. The molecule has 106 valence electrons. The molecule has 0 aliphatic rings. The zero-order chi connectivity index (χ0) is 14.5. The molecule has 1 atom stereocenters. The molecule has 0 fully saturated rings. The molecule has 1 unspecified atom stereocenters. The van der Waals surface area contributed by atoms with Gasteiger partial charge in [-0.2, -0.15) is 0 Å². The first-order chi connectivity index (χ1) is 9.65. The molecule has 6 nitrogen and oxygen atoms in total. The van der Waals surface area contributed by atoms with Gasteiger partial charge in [-0.3, -0.25) is 9.78 Å². The number of aryl methyl sites for hydroxylation is 1. The number of ether oxygens (including phenoxy) is 1. The Morgan fingerprint density at radius 3 is 2.75 bits per heavy atom. The van der Waals surface area contributed by atoms with Crippen LogP contribution in [0.1, 0.15) is 22.4 Å². The predicted molar refractivity (Wildman–Crippen MR) is 74.2 cm³/mol. The Hall–Kier alpha value is -2.21. The van der Waals surface area contributed by atoms with Crippen molar-refractivity contribution in [2.75, 3.05) is 20.8 Å². The summed E-state index contributed by atoms with van der Waals surface area (Å²) in [5.74, 6) is 0.231. The lowest BCUT2D eigenvalue weighted by Crippen LogP contribution is -2.35. The van der Waals surface area contributed by atoms with E-state index in [1.165, 1.54) is 0 Å². The van der Waals surface area contributed by atoms with Gasteiger partial charge in [-0.15, -0.1) is 0 Å². The summed E-state index contributed by atoms with van der Waals surface area (Å²) in [6.07, 6.45) is 5.05. The largest absolute Gasteiger partial charge is 0.382 e. The van der Waals surface area contributed by atoms with Gasteiger partial charge < -0.3 is 14.2 Å². The summed E-state index contributed by atoms with van der Waals surface area (Å²) in [7, 11) is 5.13. The number of amides is 1. The van der Waals surface area contributed by atoms with Crippen molar-refractivity contribution >= 4 is 5.91 Å². The molecule has 0 saturated heterocycles. The second-order valence-electron chi connectivity index (χ2n) is 4.50. The van der Waals surface area contributed by atoms with Crippen LogP contribution >= 0.6 is 0 Å². The van der Waals surface area contributed by atoms with Crippen LogP contribution in [0.4, 0.5) is 0 Å². The van der Waals surface area contributed by atoms with Gasteiger partial charge in [0.15, 0.2) is 5.82 Å². The van der Waals surface area contributed by atoms with E-state index >= 15 is 0 Å². The zero-order valence-electron chi connectivity index (χ0n) is 11.9. The van der Waals surface area contributed by atoms with E-state index in [1.54, 1.807) is 49.3 Å². The number of aromatic nitrogens is 3. The Morgan fingerprint density at radius 2 is 2.20 bits per heavy atom. The van der Waals surface area contributed by atoms with Gasteiger partial charge in [-0.25, -0.2) is 4.98 Å². The molecule has 0 saturated carbocycles. The van der Waals surface area contributed by atoms with E-state index in [0.29, 0.717) is 12.4 Å². The standard InChI is InChI=1S/C14H18N4O2/c1-17-9-8-16-13(17)14(19)18(2)12(10-20-3)11-6-4-5-7-15-11/h4-9,12H,10H2,1-3H3. The van der Waals surface area contributed by atoms with Crippen LogP contribution in [0.5, 0.6) is 0 Å². The lowest BCUT2D eigenvalue weighted by molar-refractivity contribution is 0.0580. The van der Waals surface area contributed by atoms with E-state index in [-0.39, 0.29) is 11.9 Å². The lowest BCUT2D eigenvalue weighted by Gasteiger charge is -2.26. The Bertz CT molecular complexity index is 568. The van der Waals surface area contributed by atoms with Crippen LogP contribution in [0.15, 0.2) is 36.8 Å². The first kappa shape index (κ1) is 14.2. The van der Waals surface area contributed by atoms with Crippen molar-refractivity contribution in [2.45, 2.75) is 6.04 Å². The van der Waals surface area contributed by atoms with E-state index in [0.717, 1.165) is 5.69 Å². The van der Waals surface area contributed by atoms with E-state index < -0.39 is 0 Å².